The largest absolute Gasteiger partial charge is 0.271 e. The van der Waals surface area contributed by atoms with Crippen molar-refractivity contribution in [3.05, 3.63) is 56.7 Å². The van der Waals surface area contributed by atoms with E-state index in [9.17, 15) is 0 Å². The molecular formula is C13H15ClN2S. The van der Waals surface area contributed by atoms with E-state index in [0.717, 1.165) is 17.0 Å². The van der Waals surface area contributed by atoms with Crippen molar-refractivity contribution in [2.45, 2.75) is 19.4 Å². The van der Waals surface area contributed by atoms with Crippen LogP contribution in [0.25, 0.3) is 0 Å². The van der Waals surface area contributed by atoms with Gasteiger partial charge in [0.2, 0.25) is 0 Å². The highest BCUT2D eigenvalue weighted by Crippen LogP contribution is 2.26. The summed E-state index contributed by atoms with van der Waals surface area (Å²) in [6.07, 6.45) is 0.799. The maximum Gasteiger partial charge on any atom is 0.0511 e. The van der Waals surface area contributed by atoms with E-state index in [1.807, 2.05) is 24.3 Å². The van der Waals surface area contributed by atoms with E-state index in [1.165, 1.54) is 11.1 Å². The van der Waals surface area contributed by atoms with Crippen LogP contribution in [0.15, 0.2) is 35.0 Å². The van der Waals surface area contributed by atoms with E-state index in [0.29, 0.717) is 0 Å². The van der Waals surface area contributed by atoms with Crippen molar-refractivity contribution in [1.82, 2.24) is 5.43 Å². The third-order valence-corrected chi connectivity index (χ3v) is 4.10. The van der Waals surface area contributed by atoms with Gasteiger partial charge in [0.15, 0.2) is 0 Å². The maximum absolute atomic E-state index is 6.16. The minimum absolute atomic E-state index is 0.112. The lowest BCUT2D eigenvalue weighted by Crippen LogP contribution is -2.29. The average Bonchev–Trinajstić information content (AvgIpc) is 2.75. The van der Waals surface area contributed by atoms with Gasteiger partial charge < -0.3 is 0 Å². The van der Waals surface area contributed by atoms with Gasteiger partial charge in [-0.15, -0.1) is 0 Å². The summed E-state index contributed by atoms with van der Waals surface area (Å²) in [5.41, 5.74) is 6.50. The van der Waals surface area contributed by atoms with Gasteiger partial charge in [-0.05, 0) is 46.9 Å². The van der Waals surface area contributed by atoms with Crippen LogP contribution >= 0.6 is 22.9 Å². The third-order valence-electron chi connectivity index (χ3n) is 2.85. The molecule has 4 heteroatoms. The summed E-state index contributed by atoms with van der Waals surface area (Å²) < 4.78 is 0. The Labute approximate surface area is 110 Å². The number of nitrogens with one attached hydrogen (secondary N) is 1. The van der Waals surface area contributed by atoms with Crippen LogP contribution in [0.5, 0.6) is 0 Å². The van der Waals surface area contributed by atoms with Gasteiger partial charge in [-0.1, -0.05) is 29.8 Å². The van der Waals surface area contributed by atoms with Gasteiger partial charge in [0, 0.05) is 5.02 Å². The standard InChI is InChI=1S/C13H15ClN2S/c1-9-7-17-8-11(9)13(16-15)6-10-4-2-3-5-12(10)14/h2-5,7-8,13,16H,6,15H2,1H3. The van der Waals surface area contributed by atoms with Gasteiger partial charge in [-0.2, -0.15) is 11.3 Å². The molecule has 3 N–H and O–H groups in total. The number of halogens is 1. The normalized spacial score (nSPS) is 12.6. The van der Waals surface area contributed by atoms with Crippen molar-refractivity contribution in [2.24, 2.45) is 5.84 Å². The predicted molar refractivity (Wildman–Crippen MR) is 74.3 cm³/mol. The van der Waals surface area contributed by atoms with Crippen molar-refractivity contribution in [3.63, 3.8) is 0 Å². The second-order valence-electron chi connectivity index (χ2n) is 4.02. The Kier molecular flexibility index (Phi) is 4.18. The topological polar surface area (TPSA) is 38.0 Å². The average molecular weight is 267 g/mol. The van der Waals surface area contributed by atoms with Gasteiger partial charge in [-0.25, -0.2) is 0 Å². The van der Waals surface area contributed by atoms with E-state index in [-0.39, 0.29) is 6.04 Å². The number of aryl methyl sites for hydroxylation is 1. The first-order valence-corrected chi connectivity index (χ1v) is 6.76. The molecule has 0 saturated carbocycles. The highest BCUT2D eigenvalue weighted by molar-refractivity contribution is 7.08. The molecule has 0 radical (unpaired) electrons. The molecule has 0 aliphatic heterocycles. The Balaban J connectivity index is 2.22. The van der Waals surface area contributed by atoms with Gasteiger partial charge in [0.25, 0.3) is 0 Å². The van der Waals surface area contributed by atoms with Gasteiger partial charge in [0.05, 0.1) is 6.04 Å². The second-order valence-corrected chi connectivity index (χ2v) is 5.18. The number of rotatable bonds is 4. The van der Waals surface area contributed by atoms with Gasteiger partial charge in [-0.3, -0.25) is 11.3 Å². The summed E-state index contributed by atoms with van der Waals surface area (Å²) in [4.78, 5) is 0. The predicted octanol–water partition coefficient (Wildman–Crippen LogP) is 3.46. The number of hydrogen-bond donors (Lipinski definition) is 2. The van der Waals surface area contributed by atoms with E-state index >= 15 is 0 Å². The number of benzene rings is 1. The summed E-state index contributed by atoms with van der Waals surface area (Å²) in [6.45, 7) is 2.10. The monoisotopic (exact) mass is 266 g/mol. The first-order chi connectivity index (χ1) is 8.22. The Morgan fingerprint density at radius 2 is 2.12 bits per heavy atom. The van der Waals surface area contributed by atoms with Crippen LogP contribution in [0.1, 0.15) is 22.7 Å². The molecule has 0 aliphatic carbocycles. The van der Waals surface area contributed by atoms with Crippen molar-refractivity contribution in [2.75, 3.05) is 0 Å². The molecule has 2 nitrogen and oxygen atoms in total. The summed E-state index contributed by atoms with van der Waals surface area (Å²) in [5, 5.41) is 5.06. The Morgan fingerprint density at radius 3 is 2.71 bits per heavy atom. The van der Waals surface area contributed by atoms with E-state index < -0.39 is 0 Å². The molecule has 0 saturated heterocycles. The lowest BCUT2D eigenvalue weighted by molar-refractivity contribution is 0.551. The first-order valence-electron chi connectivity index (χ1n) is 5.44. The molecule has 17 heavy (non-hydrogen) atoms. The van der Waals surface area contributed by atoms with Crippen molar-refractivity contribution in [1.29, 1.82) is 0 Å². The molecule has 0 fully saturated rings. The Bertz CT molecular complexity index is 496. The zero-order valence-electron chi connectivity index (χ0n) is 9.61. The van der Waals surface area contributed by atoms with Crippen LogP contribution in [-0.2, 0) is 6.42 Å². The van der Waals surface area contributed by atoms with Crippen molar-refractivity contribution >= 4 is 22.9 Å². The molecule has 1 aromatic heterocycles. The minimum atomic E-state index is 0.112. The van der Waals surface area contributed by atoms with Crippen molar-refractivity contribution in [3.8, 4) is 0 Å². The quantitative estimate of drug-likeness (QED) is 0.657. The lowest BCUT2D eigenvalue weighted by atomic mass is 9.99. The number of hydrogen-bond acceptors (Lipinski definition) is 3. The molecule has 0 spiro atoms. The summed E-state index contributed by atoms with van der Waals surface area (Å²) in [6, 6.07) is 7.99. The second kappa shape index (κ2) is 5.65. The zero-order valence-corrected chi connectivity index (χ0v) is 11.2. The SMILES string of the molecule is Cc1cscc1C(Cc1ccccc1Cl)NN. The van der Waals surface area contributed by atoms with Crippen LogP contribution in [0.4, 0.5) is 0 Å². The number of thiophene rings is 1. The molecule has 0 amide bonds. The summed E-state index contributed by atoms with van der Waals surface area (Å²) in [5.74, 6) is 5.64. The van der Waals surface area contributed by atoms with E-state index in [2.05, 4.69) is 23.1 Å². The van der Waals surface area contributed by atoms with Crippen LogP contribution in [0.2, 0.25) is 5.02 Å². The molecular weight excluding hydrogens is 252 g/mol. The first kappa shape index (κ1) is 12.6. The lowest BCUT2D eigenvalue weighted by Gasteiger charge is -2.16. The Hall–Kier alpha value is -0.870. The van der Waals surface area contributed by atoms with Crippen LogP contribution < -0.4 is 11.3 Å². The highest BCUT2D eigenvalue weighted by Gasteiger charge is 2.14. The molecule has 2 aromatic rings. The number of hydrazine groups is 1. The maximum atomic E-state index is 6.16. The fourth-order valence-electron chi connectivity index (χ4n) is 1.87. The molecule has 1 aromatic carbocycles. The smallest absolute Gasteiger partial charge is 0.0511 e. The van der Waals surface area contributed by atoms with Crippen LogP contribution in [-0.4, -0.2) is 0 Å². The van der Waals surface area contributed by atoms with Crippen LogP contribution in [0, 0.1) is 6.92 Å². The molecule has 1 unspecified atom stereocenters. The van der Waals surface area contributed by atoms with Crippen LogP contribution in [0.3, 0.4) is 0 Å². The highest BCUT2D eigenvalue weighted by atomic mass is 35.5. The molecule has 2 rings (SSSR count). The van der Waals surface area contributed by atoms with E-state index in [1.54, 1.807) is 11.3 Å². The fraction of sp³-hybridized carbons (Fsp3) is 0.231. The van der Waals surface area contributed by atoms with Gasteiger partial charge >= 0.3 is 0 Å². The molecule has 0 bridgehead atoms. The molecule has 1 atom stereocenters. The minimum Gasteiger partial charge on any atom is -0.271 e. The summed E-state index contributed by atoms with van der Waals surface area (Å²) >= 11 is 7.86. The summed E-state index contributed by atoms with van der Waals surface area (Å²) in [7, 11) is 0. The Morgan fingerprint density at radius 1 is 1.35 bits per heavy atom. The third kappa shape index (κ3) is 2.87. The van der Waals surface area contributed by atoms with E-state index in [4.69, 9.17) is 17.4 Å². The number of nitrogens with two attached hydrogens (primary N) is 1. The fourth-order valence-corrected chi connectivity index (χ4v) is 2.99. The zero-order chi connectivity index (χ0) is 12.3. The molecule has 90 valence electrons. The van der Waals surface area contributed by atoms with Gasteiger partial charge in [0.1, 0.15) is 0 Å². The molecule has 0 aliphatic rings. The van der Waals surface area contributed by atoms with Crippen molar-refractivity contribution < 1.29 is 0 Å². The molecule has 1 heterocycles.